The molecule has 0 saturated carbocycles. The molecule has 0 atom stereocenters. The van der Waals surface area contributed by atoms with E-state index in [2.05, 4.69) is 42.9 Å². The number of rotatable bonds is 5. The van der Waals surface area contributed by atoms with Gasteiger partial charge < -0.3 is 21.1 Å². The number of nitrogen functional groups attached to an aromatic ring is 1. The fourth-order valence-corrected chi connectivity index (χ4v) is 4.03. The Kier molecular flexibility index (Phi) is 4.54. The Morgan fingerprint density at radius 2 is 1.76 bits per heavy atom. The largest absolute Gasteiger partial charge is 0.454 e. The molecule has 1 aliphatic heterocycles. The van der Waals surface area contributed by atoms with E-state index < -0.39 is 0 Å². The lowest BCUT2D eigenvalue weighted by Gasteiger charge is -2.11. The van der Waals surface area contributed by atoms with Gasteiger partial charge in [-0.15, -0.1) is 0 Å². The van der Waals surface area contributed by atoms with Crippen molar-refractivity contribution in [2.75, 3.05) is 22.9 Å². The van der Waals surface area contributed by atoms with Gasteiger partial charge in [0.1, 0.15) is 11.6 Å². The van der Waals surface area contributed by atoms with E-state index in [1.807, 2.05) is 60.7 Å². The van der Waals surface area contributed by atoms with Gasteiger partial charge in [-0.25, -0.2) is 4.98 Å². The molecule has 2 aromatic heterocycles. The lowest BCUT2D eigenvalue weighted by atomic mass is 10.1. The van der Waals surface area contributed by atoms with Crippen LogP contribution in [0.1, 0.15) is 5.56 Å². The molecule has 5 N–H and O–H groups in total. The van der Waals surface area contributed by atoms with Crippen LogP contribution in [0.5, 0.6) is 11.5 Å². The highest BCUT2D eigenvalue weighted by Gasteiger charge is 2.21. The van der Waals surface area contributed by atoms with Gasteiger partial charge in [0.25, 0.3) is 0 Å². The Balaban J connectivity index is 1.33. The van der Waals surface area contributed by atoms with Crippen LogP contribution in [0.25, 0.3) is 22.2 Å². The molecule has 6 rings (SSSR count). The van der Waals surface area contributed by atoms with Crippen molar-refractivity contribution in [2.24, 2.45) is 0 Å². The number of nitrogens with one attached hydrogen (secondary N) is 3. The van der Waals surface area contributed by atoms with Crippen molar-refractivity contribution in [3.8, 4) is 22.8 Å². The molecule has 33 heavy (non-hydrogen) atoms. The van der Waals surface area contributed by atoms with E-state index in [4.69, 9.17) is 10.5 Å². The molecular formula is C25H21N7O. The van der Waals surface area contributed by atoms with Gasteiger partial charge in [-0.05, 0) is 36.2 Å². The van der Waals surface area contributed by atoms with Crippen LogP contribution in [0.15, 0.2) is 72.8 Å². The van der Waals surface area contributed by atoms with Crippen molar-refractivity contribution >= 4 is 34.2 Å². The maximum absolute atomic E-state index is 6.26. The zero-order chi connectivity index (χ0) is 22.2. The number of H-pyrrole nitrogens is 1. The Morgan fingerprint density at radius 3 is 2.67 bits per heavy atom. The monoisotopic (exact) mass is 435 g/mol. The van der Waals surface area contributed by atoms with E-state index in [0.29, 0.717) is 17.3 Å². The number of hydrogen-bond acceptors (Lipinski definition) is 7. The normalized spacial score (nSPS) is 11.9. The standard InChI is InChI=1S/C25H21N7O/c26-25-29-18(14-22(30-25)27-11-10-15-6-2-1-3-7-15)16-12-19-23-21(13-16)33-20-9-5-4-8-17(20)28-24(23)32-31-19/h1-9,12-14H,10-11H2,(H2,28,31,32)(H3,26,27,29,30). The molecule has 0 spiro atoms. The average molecular weight is 435 g/mol. The number of aromatic nitrogens is 4. The highest BCUT2D eigenvalue weighted by Crippen LogP contribution is 2.43. The number of hydrogen-bond donors (Lipinski definition) is 4. The molecule has 0 radical (unpaired) electrons. The number of aromatic amines is 1. The molecule has 0 fully saturated rings. The van der Waals surface area contributed by atoms with E-state index in [9.17, 15) is 0 Å². The highest BCUT2D eigenvalue weighted by atomic mass is 16.5. The first kappa shape index (κ1) is 19.1. The highest BCUT2D eigenvalue weighted by molar-refractivity contribution is 6.00. The zero-order valence-electron chi connectivity index (χ0n) is 17.7. The minimum Gasteiger partial charge on any atom is -0.454 e. The second kappa shape index (κ2) is 7.83. The second-order valence-electron chi connectivity index (χ2n) is 7.85. The molecule has 1 aliphatic rings. The van der Waals surface area contributed by atoms with Gasteiger partial charge >= 0.3 is 0 Å². The first-order valence-corrected chi connectivity index (χ1v) is 10.7. The van der Waals surface area contributed by atoms with Crippen LogP contribution in [0.2, 0.25) is 0 Å². The molecular weight excluding hydrogens is 414 g/mol. The third-order valence-electron chi connectivity index (χ3n) is 5.59. The van der Waals surface area contributed by atoms with Crippen molar-refractivity contribution in [2.45, 2.75) is 6.42 Å². The summed E-state index contributed by atoms with van der Waals surface area (Å²) < 4.78 is 6.26. The summed E-state index contributed by atoms with van der Waals surface area (Å²) in [6, 6.07) is 23.9. The van der Waals surface area contributed by atoms with Crippen LogP contribution in [0.4, 0.5) is 23.3 Å². The number of nitrogens with zero attached hydrogens (tertiary/aromatic N) is 3. The summed E-state index contributed by atoms with van der Waals surface area (Å²) in [6.07, 6.45) is 0.882. The smallest absolute Gasteiger partial charge is 0.222 e. The van der Waals surface area contributed by atoms with Crippen molar-refractivity contribution in [3.63, 3.8) is 0 Å². The molecule has 8 nitrogen and oxygen atoms in total. The molecule has 8 heteroatoms. The summed E-state index contributed by atoms with van der Waals surface area (Å²) in [6.45, 7) is 0.736. The van der Waals surface area contributed by atoms with Crippen LogP contribution < -0.4 is 21.1 Å². The van der Waals surface area contributed by atoms with E-state index in [1.165, 1.54) is 5.56 Å². The minimum absolute atomic E-state index is 0.207. The quantitative estimate of drug-likeness (QED) is 0.298. The van der Waals surface area contributed by atoms with E-state index in [1.54, 1.807) is 0 Å². The zero-order valence-corrected chi connectivity index (χ0v) is 17.7. The van der Waals surface area contributed by atoms with Crippen molar-refractivity contribution in [1.29, 1.82) is 0 Å². The predicted octanol–water partition coefficient (Wildman–Crippen LogP) is 5.11. The van der Waals surface area contributed by atoms with Crippen LogP contribution >= 0.6 is 0 Å². The number of fused-ring (bicyclic) bond motifs is 1. The Morgan fingerprint density at radius 1 is 0.909 bits per heavy atom. The number of nitrogens with two attached hydrogens (primary N) is 1. The van der Waals surface area contributed by atoms with Crippen molar-refractivity contribution < 1.29 is 4.74 Å². The maximum Gasteiger partial charge on any atom is 0.222 e. The molecule has 0 amide bonds. The molecule has 3 heterocycles. The van der Waals surface area contributed by atoms with Crippen LogP contribution in [0, 0.1) is 0 Å². The third-order valence-corrected chi connectivity index (χ3v) is 5.59. The van der Waals surface area contributed by atoms with Crippen LogP contribution in [-0.2, 0) is 6.42 Å². The molecule has 0 aliphatic carbocycles. The first-order valence-electron chi connectivity index (χ1n) is 10.7. The molecule has 0 bridgehead atoms. The van der Waals surface area contributed by atoms with E-state index in [-0.39, 0.29) is 5.95 Å². The van der Waals surface area contributed by atoms with Crippen LogP contribution in [0.3, 0.4) is 0 Å². The van der Waals surface area contributed by atoms with Crippen molar-refractivity contribution in [3.05, 3.63) is 78.4 Å². The number of anilines is 4. The number of para-hydroxylation sites is 2. The lowest BCUT2D eigenvalue weighted by molar-refractivity contribution is 0.492. The summed E-state index contributed by atoms with van der Waals surface area (Å²) in [5.74, 6) is 3.04. The summed E-state index contributed by atoms with van der Waals surface area (Å²) in [5, 5.41) is 15.1. The van der Waals surface area contributed by atoms with Gasteiger partial charge in [-0.1, -0.05) is 42.5 Å². The number of benzene rings is 3. The summed E-state index contributed by atoms with van der Waals surface area (Å²) in [4.78, 5) is 8.82. The molecule has 5 aromatic rings. The van der Waals surface area contributed by atoms with Gasteiger partial charge in [0.2, 0.25) is 5.95 Å². The fourth-order valence-electron chi connectivity index (χ4n) is 4.03. The van der Waals surface area contributed by atoms with E-state index in [0.717, 1.165) is 46.7 Å². The molecule has 3 aromatic carbocycles. The Hall–Kier alpha value is -4.59. The maximum atomic E-state index is 6.26. The van der Waals surface area contributed by atoms with Gasteiger partial charge in [0.05, 0.1) is 22.3 Å². The van der Waals surface area contributed by atoms with Crippen molar-refractivity contribution in [1.82, 2.24) is 20.2 Å². The topological polar surface area (TPSA) is 114 Å². The van der Waals surface area contributed by atoms with Gasteiger partial charge in [0, 0.05) is 18.2 Å². The minimum atomic E-state index is 0.207. The fraction of sp³-hybridized carbons (Fsp3) is 0.0800. The summed E-state index contributed by atoms with van der Waals surface area (Å²) in [5.41, 5.74) is 10.6. The Bertz CT molecular complexity index is 1460. The lowest BCUT2D eigenvalue weighted by Crippen LogP contribution is -2.08. The number of ether oxygens (including phenoxy) is 1. The summed E-state index contributed by atoms with van der Waals surface area (Å²) in [7, 11) is 0. The molecule has 162 valence electrons. The van der Waals surface area contributed by atoms with Gasteiger partial charge in [-0.3, -0.25) is 5.10 Å². The molecule has 0 saturated heterocycles. The summed E-state index contributed by atoms with van der Waals surface area (Å²) >= 11 is 0. The van der Waals surface area contributed by atoms with E-state index >= 15 is 0 Å². The SMILES string of the molecule is Nc1nc(NCCc2ccccc2)cc(-c2cc3c4c(n[nH]c4c2)Nc2ccccc2O3)n1. The average Bonchev–Trinajstić information content (AvgIpc) is 3.15. The molecule has 0 unspecified atom stereocenters. The second-order valence-corrected chi connectivity index (χ2v) is 7.85. The van der Waals surface area contributed by atoms with Crippen LogP contribution in [-0.4, -0.2) is 26.7 Å². The third kappa shape index (κ3) is 3.67. The first-order chi connectivity index (χ1) is 16.2. The predicted molar refractivity (Wildman–Crippen MR) is 130 cm³/mol. The Labute approximate surface area is 189 Å². The van der Waals surface area contributed by atoms with Gasteiger partial charge in [-0.2, -0.15) is 10.1 Å². The van der Waals surface area contributed by atoms with Gasteiger partial charge in [0.15, 0.2) is 11.6 Å².